The maximum atomic E-state index is 14.2. The van der Waals surface area contributed by atoms with Crippen molar-refractivity contribution in [2.75, 3.05) is 13.1 Å². The van der Waals surface area contributed by atoms with E-state index in [2.05, 4.69) is 27.8 Å². The lowest BCUT2D eigenvalue weighted by molar-refractivity contribution is -0.132. The van der Waals surface area contributed by atoms with Gasteiger partial charge in [-0.1, -0.05) is 11.6 Å². The molecule has 3 unspecified atom stereocenters. The standard InChI is InChI=1S/C28H29N5O2/c1-18(2)7-10-28(14-19-8-11-30-12-9-19)27(35)33(26-22-16-31-17-23(22)26)25(32-28)13-24(34)21-5-3-20(15-29)4-6-21/h3-9,11-13,22-23,26,31-32H,10,14,16-17H2,1-2H3. The van der Waals surface area contributed by atoms with Crippen LogP contribution in [0.15, 0.2) is 72.3 Å². The Morgan fingerprint density at radius 3 is 2.49 bits per heavy atom. The number of allylic oxidation sites excluding steroid dienone is 2. The van der Waals surface area contributed by atoms with E-state index in [0.29, 0.717) is 41.6 Å². The van der Waals surface area contributed by atoms with Crippen molar-refractivity contribution >= 4 is 11.7 Å². The minimum absolute atomic E-state index is 0.0186. The van der Waals surface area contributed by atoms with Gasteiger partial charge in [0.15, 0.2) is 5.78 Å². The molecule has 2 N–H and O–H groups in total. The van der Waals surface area contributed by atoms with Gasteiger partial charge in [-0.15, -0.1) is 0 Å². The SMILES string of the molecule is CC(C)=CCC1(Cc2ccncc2)NC(=CC(=O)c2ccc(C#N)cc2)N(C2C3CNCC32)C1=O. The number of aromatic nitrogens is 1. The lowest BCUT2D eigenvalue weighted by Gasteiger charge is -2.27. The number of nitrogens with zero attached hydrogens (tertiary/aromatic N) is 3. The third-order valence-electron chi connectivity index (χ3n) is 7.28. The van der Waals surface area contributed by atoms with Crippen LogP contribution in [0.5, 0.6) is 0 Å². The van der Waals surface area contributed by atoms with E-state index in [1.54, 1.807) is 42.7 Å². The summed E-state index contributed by atoms with van der Waals surface area (Å²) in [6.07, 6.45) is 8.14. The summed E-state index contributed by atoms with van der Waals surface area (Å²) in [6, 6.07) is 12.6. The predicted octanol–water partition coefficient (Wildman–Crippen LogP) is 2.96. The number of hydrogen-bond donors (Lipinski definition) is 2. The van der Waals surface area contributed by atoms with Crippen LogP contribution in [-0.2, 0) is 11.2 Å². The molecule has 0 radical (unpaired) electrons. The van der Waals surface area contributed by atoms with Crippen LogP contribution in [-0.4, -0.2) is 46.2 Å². The molecule has 7 nitrogen and oxygen atoms in total. The van der Waals surface area contributed by atoms with Crippen LogP contribution in [0.25, 0.3) is 0 Å². The third-order valence-corrected chi connectivity index (χ3v) is 7.28. The fourth-order valence-corrected chi connectivity index (χ4v) is 5.34. The Labute approximate surface area is 205 Å². The van der Waals surface area contributed by atoms with Crippen molar-refractivity contribution in [3.63, 3.8) is 0 Å². The van der Waals surface area contributed by atoms with E-state index >= 15 is 0 Å². The highest BCUT2D eigenvalue weighted by Crippen LogP contribution is 2.49. The molecule has 1 aromatic carbocycles. The Morgan fingerprint density at radius 1 is 1.17 bits per heavy atom. The van der Waals surface area contributed by atoms with Crippen molar-refractivity contribution < 1.29 is 9.59 Å². The number of hydrogen-bond acceptors (Lipinski definition) is 6. The molecule has 1 aliphatic carbocycles. The molecule has 35 heavy (non-hydrogen) atoms. The summed E-state index contributed by atoms with van der Waals surface area (Å²) >= 11 is 0. The van der Waals surface area contributed by atoms with Crippen LogP contribution in [0.3, 0.4) is 0 Å². The van der Waals surface area contributed by atoms with Crippen LogP contribution >= 0.6 is 0 Å². The number of piperidine rings is 1. The summed E-state index contributed by atoms with van der Waals surface area (Å²) < 4.78 is 0. The first-order chi connectivity index (χ1) is 16.9. The molecule has 3 aliphatic rings. The Kier molecular flexibility index (Phi) is 6.00. The maximum absolute atomic E-state index is 14.2. The van der Waals surface area contributed by atoms with Crippen LogP contribution in [0.2, 0.25) is 0 Å². The van der Waals surface area contributed by atoms with E-state index < -0.39 is 5.54 Å². The quantitative estimate of drug-likeness (QED) is 0.369. The molecule has 5 rings (SSSR count). The highest BCUT2D eigenvalue weighted by molar-refractivity contribution is 6.06. The fourth-order valence-electron chi connectivity index (χ4n) is 5.34. The van der Waals surface area contributed by atoms with Gasteiger partial charge in [0.25, 0.3) is 5.91 Å². The molecule has 3 heterocycles. The van der Waals surface area contributed by atoms with Crippen molar-refractivity contribution in [1.82, 2.24) is 20.5 Å². The van der Waals surface area contributed by atoms with E-state index in [1.807, 2.05) is 30.9 Å². The number of carbonyl (C=O) groups is 2. The second kappa shape index (κ2) is 9.12. The van der Waals surface area contributed by atoms with E-state index in [1.165, 1.54) is 0 Å². The highest BCUT2D eigenvalue weighted by Gasteiger charge is 2.62. The van der Waals surface area contributed by atoms with Crippen molar-refractivity contribution in [3.8, 4) is 6.07 Å². The van der Waals surface area contributed by atoms with Gasteiger partial charge in [-0.3, -0.25) is 19.5 Å². The van der Waals surface area contributed by atoms with Crippen LogP contribution < -0.4 is 10.6 Å². The lowest BCUT2D eigenvalue weighted by Crippen LogP contribution is -2.49. The molecule has 1 saturated carbocycles. The molecular formula is C28H29N5O2. The van der Waals surface area contributed by atoms with E-state index in [9.17, 15) is 9.59 Å². The molecule has 2 aromatic rings. The average molecular weight is 468 g/mol. The zero-order valence-electron chi connectivity index (χ0n) is 20.0. The van der Waals surface area contributed by atoms with Gasteiger partial charge in [0.1, 0.15) is 11.4 Å². The van der Waals surface area contributed by atoms with Crippen LogP contribution in [0.1, 0.15) is 41.8 Å². The van der Waals surface area contributed by atoms with E-state index in [-0.39, 0.29) is 17.7 Å². The third kappa shape index (κ3) is 4.38. The topological polar surface area (TPSA) is 98.1 Å². The van der Waals surface area contributed by atoms with Crippen molar-refractivity contribution in [1.29, 1.82) is 5.26 Å². The molecule has 0 bridgehead atoms. The predicted molar refractivity (Wildman–Crippen MR) is 132 cm³/mol. The number of nitrogens with one attached hydrogen (secondary N) is 2. The molecule has 0 spiro atoms. The highest BCUT2D eigenvalue weighted by atomic mass is 16.2. The smallest absolute Gasteiger partial charge is 0.254 e. The van der Waals surface area contributed by atoms with Gasteiger partial charge in [-0.05, 0) is 74.1 Å². The molecule has 2 saturated heterocycles. The largest absolute Gasteiger partial charge is 0.357 e. The maximum Gasteiger partial charge on any atom is 0.254 e. The van der Waals surface area contributed by atoms with E-state index in [0.717, 1.165) is 24.2 Å². The number of ketones is 1. The number of fused-ring (bicyclic) bond motifs is 1. The second-order valence-corrected chi connectivity index (χ2v) is 9.96. The number of nitriles is 1. The van der Waals surface area contributed by atoms with Crippen molar-refractivity contribution in [2.45, 2.75) is 38.3 Å². The second-order valence-electron chi connectivity index (χ2n) is 9.96. The molecule has 1 amide bonds. The fraction of sp³-hybridized carbons (Fsp3) is 0.357. The van der Waals surface area contributed by atoms with Gasteiger partial charge in [0.05, 0.1) is 11.6 Å². The lowest BCUT2D eigenvalue weighted by atomic mass is 9.87. The first-order valence-corrected chi connectivity index (χ1v) is 12.0. The summed E-state index contributed by atoms with van der Waals surface area (Å²) in [5.41, 5.74) is 2.26. The molecule has 2 aliphatic heterocycles. The molecule has 3 fully saturated rings. The number of rotatable bonds is 7. The molecule has 7 heteroatoms. The minimum Gasteiger partial charge on any atom is -0.357 e. The number of pyridine rings is 1. The zero-order valence-corrected chi connectivity index (χ0v) is 20.0. The van der Waals surface area contributed by atoms with Crippen LogP contribution in [0.4, 0.5) is 0 Å². The van der Waals surface area contributed by atoms with E-state index in [4.69, 9.17) is 5.26 Å². The van der Waals surface area contributed by atoms with Gasteiger partial charge in [-0.2, -0.15) is 5.26 Å². The molecule has 1 aromatic heterocycles. The molecule has 3 atom stereocenters. The Bertz CT molecular complexity index is 1230. The number of amides is 1. The first-order valence-electron chi connectivity index (χ1n) is 12.0. The van der Waals surface area contributed by atoms with Crippen molar-refractivity contribution in [2.24, 2.45) is 11.8 Å². The zero-order chi connectivity index (χ0) is 24.6. The first kappa shape index (κ1) is 23.0. The monoisotopic (exact) mass is 467 g/mol. The summed E-state index contributed by atoms with van der Waals surface area (Å²) in [5, 5.41) is 16.0. The number of benzene rings is 1. The van der Waals surface area contributed by atoms with Gasteiger partial charge in [0, 0.05) is 49.6 Å². The van der Waals surface area contributed by atoms with Crippen LogP contribution in [0, 0.1) is 23.2 Å². The number of carbonyl (C=O) groups excluding carboxylic acids is 2. The van der Waals surface area contributed by atoms with Gasteiger partial charge in [-0.25, -0.2) is 0 Å². The van der Waals surface area contributed by atoms with Gasteiger partial charge < -0.3 is 10.6 Å². The Morgan fingerprint density at radius 2 is 1.86 bits per heavy atom. The Hall–Kier alpha value is -3.76. The molecular weight excluding hydrogens is 438 g/mol. The van der Waals surface area contributed by atoms with Crippen molar-refractivity contribution in [3.05, 3.63) is 89.0 Å². The van der Waals surface area contributed by atoms with Gasteiger partial charge in [0.2, 0.25) is 0 Å². The summed E-state index contributed by atoms with van der Waals surface area (Å²) in [4.78, 5) is 33.4. The molecule has 178 valence electrons. The van der Waals surface area contributed by atoms with Gasteiger partial charge >= 0.3 is 0 Å². The average Bonchev–Trinajstić information content (AvgIpc) is 3.19. The summed E-state index contributed by atoms with van der Waals surface area (Å²) in [6.45, 7) is 5.83. The summed E-state index contributed by atoms with van der Waals surface area (Å²) in [7, 11) is 0. The minimum atomic E-state index is -0.875. The summed E-state index contributed by atoms with van der Waals surface area (Å²) in [5.74, 6) is 1.22. The normalized spacial score (nSPS) is 27.8. The Balaban J connectivity index is 1.53.